The molecule has 0 heterocycles. The van der Waals surface area contributed by atoms with Gasteiger partial charge in [0.15, 0.2) is 0 Å². The molecule has 0 saturated heterocycles. The van der Waals surface area contributed by atoms with Gasteiger partial charge in [-0.1, -0.05) is 12.1 Å². The molecule has 1 aromatic carbocycles. The second kappa shape index (κ2) is 4.73. The summed E-state index contributed by atoms with van der Waals surface area (Å²) in [5.41, 5.74) is 5.91. The summed E-state index contributed by atoms with van der Waals surface area (Å²) >= 11 is 0. The fourth-order valence-corrected chi connectivity index (χ4v) is 1.82. The first-order valence-corrected chi connectivity index (χ1v) is 5.79. The molecule has 6 nitrogen and oxygen atoms in total. The Labute approximate surface area is 104 Å². The van der Waals surface area contributed by atoms with Crippen LogP contribution in [0.3, 0.4) is 0 Å². The molecule has 0 atom stereocenters. The van der Waals surface area contributed by atoms with Gasteiger partial charge in [0.25, 0.3) is 5.69 Å². The van der Waals surface area contributed by atoms with Crippen LogP contribution in [0, 0.1) is 15.5 Å². The first-order valence-electron chi connectivity index (χ1n) is 5.79. The molecule has 1 amide bonds. The van der Waals surface area contributed by atoms with E-state index < -0.39 is 4.92 Å². The minimum Gasteiger partial charge on any atom is -0.351 e. The third-order valence-electron chi connectivity index (χ3n) is 3.30. The zero-order chi connectivity index (χ0) is 13.2. The molecule has 2 rings (SSSR count). The molecule has 18 heavy (non-hydrogen) atoms. The molecule has 6 heteroatoms. The Morgan fingerprint density at radius 1 is 1.50 bits per heavy atom. The molecule has 0 aromatic heterocycles. The van der Waals surface area contributed by atoms with E-state index in [2.05, 4.69) is 5.32 Å². The van der Waals surface area contributed by atoms with Crippen molar-refractivity contribution in [1.82, 2.24) is 5.32 Å². The van der Waals surface area contributed by atoms with Gasteiger partial charge in [-0.05, 0) is 18.4 Å². The standard InChI is InChI=1S/C12H15N3O3/c13-8-12(4-5-12)11(16)14-7-9-2-1-3-10(6-9)15(17)18/h1-3,6H,4-5,7-8,13H2,(H,14,16). The summed E-state index contributed by atoms with van der Waals surface area (Å²) in [5.74, 6) is -0.0588. The number of carbonyl (C=O) groups is 1. The van der Waals surface area contributed by atoms with E-state index in [1.807, 2.05) is 0 Å². The largest absolute Gasteiger partial charge is 0.351 e. The van der Waals surface area contributed by atoms with Crippen molar-refractivity contribution in [2.24, 2.45) is 11.1 Å². The maximum absolute atomic E-state index is 11.8. The number of nitrogens with one attached hydrogen (secondary N) is 1. The molecule has 1 fully saturated rings. The lowest BCUT2D eigenvalue weighted by Crippen LogP contribution is -2.36. The van der Waals surface area contributed by atoms with E-state index >= 15 is 0 Å². The van der Waals surface area contributed by atoms with Crippen molar-refractivity contribution < 1.29 is 9.72 Å². The van der Waals surface area contributed by atoms with Gasteiger partial charge in [0.05, 0.1) is 10.3 Å². The molecule has 1 aliphatic carbocycles. The van der Waals surface area contributed by atoms with Crippen LogP contribution >= 0.6 is 0 Å². The van der Waals surface area contributed by atoms with Gasteiger partial charge in [-0.2, -0.15) is 0 Å². The number of amides is 1. The first-order chi connectivity index (χ1) is 8.57. The maximum Gasteiger partial charge on any atom is 0.269 e. The minimum atomic E-state index is -0.451. The topological polar surface area (TPSA) is 98.3 Å². The average molecular weight is 249 g/mol. The van der Waals surface area contributed by atoms with Crippen LogP contribution in [0.1, 0.15) is 18.4 Å². The molecule has 0 bridgehead atoms. The molecular weight excluding hydrogens is 234 g/mol. The summed E-state index contributed by atoms with van der Waals surface area (Å²) in [7, 11) is 0. The number of rotatable bonds is 5. The Bertz CT molecular complexity index is 483. The quantitative estimate of drug-likeness (QED) is 0.599. The van der Waals surface area contributed by atoms with Crippen molar-refractivity contribution in [2.75, 3.05) is 6.54 Å². The normalized spacial score (nSPS) is 16.1. The van der Waals surface area contributed by atoms with E-state index in [1.54, 1.807) is 12.1 Å². The van der Waals surface area contributed by atoms with Crippen LogP contribution in [0.25, 0.3) is 0 Å². The van der Waals surface area contributed by atoms with Gasteiger partial charge < -0.3 is 11.1 Å². The fraction of sp³-hybridized carbons (Fsp3) is 0.417. The molecule has 0 unspecified atom stereocenters. The Balaban J connectivity index is 1.96. The van der Waals surface area contributed by atoms with E-state index in [4.69, 9.17) is 5.73 Å². The summed E-state index contributed by atoms with van der Waals surface area (Å²) in [6, 6.07) is 6.24. The van der Waals surface area contributed by atoms with Gasteiger partial charge in [0, 0.05) is 25.2 Å². The summed E-state index contributed by atoms with van der Waals surface area (Å²) in [5, 5.41) is 13.4. The number of non-ortho nitro benzene ring substituents is 1. The zero-order valence-electron chi connectivity index (χ0n) is 9.89. The number of hydrogen-bond donors (Lipinski definition) is 2. The Kier molecular flexibility index (Phi) is 3.29. The van der Waals surface area contributed by atoms with Crippen molar-refractivity contribution in [3.05, 3.63) is 39.9 Å². The monoisotopic (exact) mass is 249 g/mol. The van der Waals surface area contributed by atoms with Gasteiger partial charge in [0.2, 0.25) is 5.91 Å². The van der Waals surface area contributed by atoms with Crippen LogP contribution in [0.5, 0.6) is 0 Å². The van der Waals surface area contributed by atoms with Gasteiger partial charge in [-0.15, -0.1) is 0 Å². The predicted octanol–water partition coefficient (Wildman–Crippen LogP) is 0.950. The molecule has 1 saturated carbocycles. The summed E-state index contributed by atoms with van der Waals surface area (Å²) in [6.07, 6.45) is 1.65. The van der Waals surface area contributed by atoms with Gasteiger partial charge >= 0.3 is 0 Å². The number of nitro groups is 1. The van der Waals surface area contributed by atoms with E-state index in [-0.39, 0.29) is 17.0 Å². The summed E-state index contributed by atoms with van der Waals surface area (Å²) < 4.78 is 0. The number of carbonyl (C=O) groups excluding carboxylic acids is 1. The Hall–Kier alpha value is -1.95. The molecule has 96 valence electrons. The summed E-state index contributed by atoms with van der Waals surface area (Å²) in [6.45, 7) is 0.649. The van der Waals surface area contributed by atoms with Crippen LogP contribution in [0.2, 0.25) is 0 Å². The van der Waals surface area contributed by atoms with Gasteiger partial charge in [0.1, 0.15) is 0 Å². The maximum atomic E-state index is 11.8. The van der Waals surface area contributed by atoms with E-state index in [0.717, 1.165) is 12.8 Å². The van der Waals surface area contributed by atoms with Crippen LogP contribution in [-0.2, 0) is 11.3 Å². The predicted molar refractivity (Wildman–Crippen MR) is 65.7 cm³/mol. The number of hydrogen-bond acceptors (Lipinski definition) is 4. The van der Waals surface area contributed by atoms with E-state index in [9.17, 15) is 14.9 Å². The van der Waals surface area contributed by atoms with Crippen molar-refractivity contribution in [2.45, 2.75) is 19.4 Å². The third-order valence-corrected chi connectivity index (χ3v) is 3.30. The smallest absolute Gasteiger partial charge is 0.269 e. The van der Waals surface area contributed by atoms with E-state index in [1.165, 1.54) is 12.1 Å². The highest BCUT2D eigenvalue weighted by Crippen LogP contribution is 2.44. The highest BCUT2D eigenvalue weighted by atomic mass is 16.6. The molecule has 1 aromatic rings. The number of nitrogens with two attached hydrogens (primary N) is 1. The number of nitro benzene ring substituents is 1. The zero-order valence-corrected chi connectivity index (χ0v) is 9.89. The molecule has 0 aliphatic heterocycles. The lowest BCUT2D eigenvalue weighted by Gasteiger charge is -2.12. The molecular formula is C12H15N3O3. The number of benzene rings is 1. The van der Waals surface area contributed by atoms with Crippen molar-refractivity contribution in [3.8, 4) is 0 Å². The highest BCUT2D eigenvalue weighted by Gasteiger charge is 2.48. The van der Waals surface area contributed by atoms with Gasteiger partial charge in [-0.25, -0.2) is 0 Å². The van der Waals surface area contributed by atoms with Crippen molar-refractivity contribution in [3.63, 3.8) is 0 Å². The van der Waals surface area contributed by atoms with Gasteiger partial charge in [-0.3, -0.25) is 14.9 Å². The minimum absolute atomic E-state index is 0.0294. The second-order valence-corrected chi connectivity index (χ2v) is 4.59. The van der Waals surface area contributed by atoms with Crippen LogP contribution in [-0.4, -0.2) is 17.4 Å². The van der Waals surface area contributed by atoms with Crippen molar-refractivity contribution in [1.29, 1.82) is 0 Å². The molecule has 3 N–H and O–H groups in total. The molecule has 1 aliphatic rings. The fourth-order valence-electron chi connectivity index (χ4n) is 1.82. The lowest BCUT2D eigenvalue weighted by molar-refractivity contribution is -0.384. The lowest BCUT2D eigenvalue weighted by atomic mass is 10.1. The number of nitrogens with zero attached hydrogens (tertiary/aromatic N) is 1. The first kappa shape index (κ1) is 12.5. The highest BCUT2D eigenvalue weighted by molar-refractivity contribution is 5.85. The summed E-state index contributed by atoms with van der Waals surface area (Å²) in [4.78, 5) is 22.0. The Morgan fingerprint density at radius 3 is 2.78 bits per heavy atom. The van der Waals surface area contributed by atoms with Crippen LogP contribution < -0.4 is 11.1 Å². The third kappa shape index (κ3) is 2.48. The SMILES string of the molecule is NCC1(C(=O)NCc2cccc([N+](=O)[O-])c2)CC1. The van der Waals surface area contributed by atoms with Crippen molar-refractivity contribution >= 4 is 11.6 Å². The van der Waals surface area contributed by atoms with Crippen LogP contribution in [0.15, 0.2) is 24.3 Å². The molecule has 0 radical (unpaired) electrons. The Morgan fingerprint density at radius 2 is 2.22 bits per heavy atom. The molecule has 0 spiro atoms. The van der Waals surface area contributed by atoms with E-state index in [0.29, 0.717) is 18.7 Å². The second-order valence-electron chi connectivity index (χ2n) is 4.59. The van der Waals surface area contributed by atoms with Crippen LogP contribution in [0.4, 0.5) is 5.69 Å². The average Bonchev–Trinajstić information content (AvgIpc) is 3.17.